The molecule has 18 heavy (non-hydrogen) atoms. The second kappa shape index (κ2) is 4.37. The predicted octanol–water partition coefficient (Wildman–Crippen LogP) is 3.61. The van der Waals surface area contributed by atoms with Gasteiger partial charge >= 0.3 is 0 Å². The van der Waals surface area contributed by atoms with Crippen LogP contribution in [0.1, 0.15) is 0 Å². The Kier molecular flexibility index (Phi) is 2.57. The Bertz CT molecular complexity index is 689. The Morgan fingerprint density at radius 3 is 2.50 bits per heavy atom. The maximum Gasteiger partial charge on any atom is 0.221 e. The van der Waals surface area contributed by atoms with Gasteiger partial charge in [0.1, 0.15) is 11.6 Å². The van der Waals surface area contributed by atoms with Crippen LogP contribution in [0.4, 0.5) is 5.82 Å². The lowest BCUT2D eigenvalue weighted by Gasteiger charge is -2.08. The summed E-state index contributed by atoms with van der Waals surface area (Å²) in [6, 6.07) is 19.3. The fourth-order valence-corrected chi connectivity index (χ4v) is 1.88. The van der Waals surface area contributed by atoms with Gasteiger partial charge in [0.2, 0.25) is 5.88 Å². The van der Waals surface area contributed by atoms with Gasteiger partial charge in [-0.2, -0.15) is 4.98 Å². The van der Waals surface area contributed by atoms with Gasteiger partial charge in [-0.1, -0.05) is 42.5 Å². The van der Waals surface area contributed by atoms with Crippen LogP contribution < -0.4 is 10.5 Å². The number of benzene rings is 2. The van der Waals surface area contributed by atoms with Gasteiger partial charge in [0.25, 0.3) is 0 Å². The lowest BCUT2D eigenvalue weighted by molar-refractivity contribution is 0.469. The third kappa shape index (κ3) is 1.98. The van der Waals surface area contributed by atoms with Crippen LogP contribution in [0, 0.1) is 0 Å². The standard InChI is InChI=1S/C15H12N2O/c16-14-9-4-10-15(17-14)18-13-8-3-6-11-5-1-2-7-12(11)13/h1-10H,(H2,16,17). The van der Waals surface area contributed by atoms with Crippen molar-refractivity contribution >= 4 is 16.6 Å². The van der Waals surface area contributed by atoms with E-state index in [0.717, 1.165) is 16.5 Å². The van der Waals surface area contributed by atoms with E-state index in [9.17, 15) is 0 Å². The molecule has 0 spiro atoms. The summed E-state index contributed by atoms with van der Waals surface area (Å²) in [4.78, 5) is 4.13. The summed E-state index contributed by atoms with van der Waals surface area (Å²) in [7, 11) is 0. The molecule has 0 aliphatic heterocycles. The number of nitrogens with two attached hydrogens (primary N) is 1. The van der Waals surface area contributed by atoms with Gasteiger partial charge in [-0.25, -0.2) is 0 Å². The molecule has 1 aromatic heterocycles. The molecule has 0 amide bonds. The van der Waals surface area contributed by atoms with E-state index in [-0.39, 0.29) is 0 Å². The summed E-state index contributed by atoms with van der Waals surface area (Å²) < 4.78 is 5.78. The molecule has 0 saturated heterocycles. The number of aromatic nitrogens is 1. The number of rotatable bonds is 2. The molecule has 0 bridgehead atoms. The van der Waals surface area contributed by atoms with Crippen molar-refractivity contribution in [1.29, 1.82) is 0 Å². The molecule has 0 aliphatic rings. The highest BCUT2D eigenvalue weighted by molar-refractivity contribution is 5.88. The van der Waals surface area contributed by atoms with Gasteiger partial charge in [-0.05, 0) is 17.5 Å². The van der Waals surface area contributed by atoms with Crippen molar-refractivity contribution in [3.63, 3.8) is 0 Å². The molecule has 0 unspecified atom stereocenters. The highest BCUT2D eigenvalue weighted by Gasteiger charge is 2.03. The van der Waals surface area contributed by atoms with Gasteiger partial charge in [0, 0.05) is 11.5 Å². The number of hydrogen-bond donors (Lipinski definition) is 1. The molecular weight excluding hydrogens is 224 g/mol. The molecule has 1 heterocycles. The zero-order valence-electron chi connectivity index (χ0n) is 9.71. The smallest absolute Gasteiger partial charge is 0.221 e. The molecular formula is C15H12N2O. The van der Waals surface area contributed by atoms with Crippen LogP contribution >= 0.6 is 0 Å². The molecule has 0 saturated carbocycles. The first-order chi connectivity index (χ1) is 8.83. The van der Waals surface area contributed by atoms with E-state index < -0.39 is 0 Å². The lowest BCUT2D eigenvalue weighted by Crippen LogP contribution is -1.93. The summed E-state index contributed by atoms with van der Waals surface area (Å²) in [5, 5.41) is 2.20. The zero-order chi connectivity index (χ0) is 12.4. The van der Waals surface area contributed by atoms with Gasteiger partial charge < -0.3 is 10.5 Å². The topological polar surface area (TPSA) is 48.1 Å². The van der Waals surface area contributed by atoms with Crippen molar-refractivity contribution in [2.45, 2.75) is 0 Å². The van der Waals surface area contributed by atoms with Crippen molar-refractivity contribution in [3.8, 4) is 11.6 Å². The summed E-state index contributed by atoms with van der Waals surface area (Å²) >= 11 is 0. The van der Waals surface area contributed by atoms with Crippen LogP contribution in [-0.2, 0) is 0 Å². The molecule has 88 valence electrons. The fraction of sp³-hybridized carbons (Fsp3) is 0. The van der Waals surface area contributed by atoms with E-state index in [1.54, 1.807) is 12.1 Å². The Labute approximate surface area is 105 Å². The average Bonchev–Trinajstić information content (AvgIpc) is 2.39. The van der Waals surface area contributed by atoms with E-state index in [4.69, 9.17) is 10.5 Å². The minimum absolute atomic E-state index is 0.452. The predicted molar refractivity (Wildman–Crippen MR) is 72.7 cm³/mol. The number of fused-ring (bicyclic) bond motifs is 1. The molecule has 0 atom stereocenters. The Morgan fingerprint density at radius 1 is 0.833 bits per heavy atom. The minimum atomic E-state index is 0.452. The third-order valence-electron chi connectivity index (χ3n) is 2.71. The SMILES string of the molecule is Nc1cccc(Oc2cccc3ccccc23)n1. The number of anilines is 1. The first-order valence-electron chi connectivity index (χ1n) is 5.71. The van der Waals surface area contributed by atoms with E-state index in [1.807, 2.05) is 36.4 Å². The molecule has 3 heteroatoms. The molecule has 2 N–H and O–H groups in total. The van der Waals surface area contributed by atoms with Gasteiger partial charge in [-0.3, -0.25) is 0 Å². The Morgan fingerprint density at radius 2 is 1.61 bits per heavy atom. The maximum atomic E-state index is 5.78. The van der Waals surface area contributed by atoms with Gasteiger partial charge in [-0.15, -0.1) is 0 Å². The molecule has 3 rings (SSSR count). The second-order valence-electron chi connectivity index (χ2n) is 3.98. The monoisotopic (exact) mass is 236 g/mol. The first kappa shape index (κ1) is 10.6. The molecule has 2 aromatic carbocycles. The second-order valence-corrected chi connectivity index (χ2v) is 3.98. The maximum absolute atomic E-state index is 5.78. The quantitative estimate of drug-likeness (QED) is 0.739. The number of ether oxygens (including phenoxy) is 1. The molecule has 0 aliphatic carbocycles. The number of nitrogen functional groups attached to an aromatic ring is 1. The van der Waals surface area contributed by atoms with Crippen LogP contribution in [0.3, 0.4) is 0 Å². The van der Waals surface area contributed by atoms with E-state index >= 15 is 0 Å². The van der Waals surface area contributed by atoms with Crippen molar-refractivity contribution in [3.05, 3.63) is 60.7 Å². The highest BCUT2D eigenvalue weighted by Crippen LogP contribution is 2.28. The van der Waals surface area contributed by atoms with Crippen LogP contribution in [0.15, 0.2) is 60.7 Å². The van der Waals surface area contributed by atoms with Crippen molar-refractivity contribution in [2.24, 2.45) is 0 Å². The van der Waals surface area contributed by atoms with Crippen LogP contribution in [0.25, 0.3) is 10.8 Å². The van der Waals surface area contributed by atoms with Gasteiger partial charge in [0.15, 0.2) is 0 Å². The third-order valence-corrected chi connectivity index (χ3v) is 2.71. The summed E-state index contributed by atoms with van der Waals surface area (Å²) in [6.45, 7) is 0. The first-order valence-corrected chi connectivity index (χ1v) is 5.71. The largest absolute Gasteiger partial charge is 0.438 e. The van der Waals surface area contributed by atoms with Crippen molar-refractivity contribution in [1.82, 2.24) is 4.98 Å². The van der Waals surface area contributed by atoms with Crippen LogP contribution in [-0.4, -0.2) is 4.98 Å². The number of hydrogen-bond acceptors (Lipinski definition) is 3. The van der Waals surface area contributed by atoms with Gasteiger partial charge in [0.05, 0.1) is 0 Å². The van der Waals surface area contributed by atoms with Crippen molar-refractivity contribution < 1.29 is 4.74 Å². The van der Waals surface area contributed by atoms with Crippen molar-refractivity contribution in [2.75, 3.05) is 5.73 Å². The van der Waals surface area contributed by atoms with Crippen LogP contribution in [0.5, 0.6) is 11.6 Å². The molecule has 3 nitrogen and oxygen atoms in total. The van der Waals surface area contributed by atoms with E-state index in [1.165, 1.54) is 0 Å². The number of nitrogens with zero attached hydrogens (tertiary/aromatic N) is 1. The number of pyridine rings is 1. The lowest BCUT2D eigenvalue weighted by atomic mass is 10.1. The van der Waals surface area contributed by atoms with Crippen LogP contribution in [0.2, 0.25) is 0 Å². The fourth-order valence-electron chi connectivity index (χ4n) is 1.88. The molecule has 0 fully saturated rings. The van der Waals surface area contributed by atoms with E-state index in [0.29, 0.717) is 11.7 Å². The molecule has 0 radical (unpaired) electrons. The Balaban J connectivity index is 2.05. The van der Waals surface area contributed by atoms with E-state index in [2.05, 4.69) is 17.1 Å². The zero-order valence-corrected chi connectivity index (χ0v) is 9.71. The average molecular weight is 236 g/mol. The minimum Gasteiger partial charge on any atom is -0.438 e. The highest BCUT2D eigenvalue weighted by atomic mass is 16.5. The summed E-state index contributed by atoms with van der Waals surface area (Å²) in [5.41, 5.74) is 5.63. The Hall–Kier alpha value is -2.55. The normalized spacial score (nSPS) is 10.4. The summed E-state index contributed by atoms with van der Waals surface area (Å²) in [5.74, 6) is 1.74. The molecule has 3 aromatic rings. The summed E-state index contributed by atoms with van der Waals surface area (Å²) in [6.07, 6.45) is 0.